The molecule has 0 aliphatic carbocycles. The summed E-state index contributed by atoms with van der Waals surface area (Å²) in [5.74, 6) is 0.567. The molecule has 3 N–H and O–H groups in total. The monoisotopic (exact) mass is 270 g/mol. The van der Waals surface area contributed by atoms with Gasteiger partial charge in [-0.2, -0.15) is 0 Å². The largest absolute Gasteiger partial charge is 0.495 e. The third kappa shape index (κ3) is 2.05. The lowest BCUT2D eigenvalue weighted by Gasteiger charge is -2.29. The molecule has 0 fully saturated rings. The van der Waals surface area contributed by atoms with Gasteiger partial charge >= 0.3 is 0 Å². The molecule has 0 amide bonds. The maximum absolute atomic E-state index is 10.7. The first-order chi connectivity index (χ1) is 8.53. The number of hydrogen-bond acceptors (Lipinski definition) is 4. The van der Waals surface area contributed by atoms with Crippen molar-refractivity contribution in [3.63, 3.8) is 0 Å². The van der Waals surface area contributed by atoms with Crippen LogP contribution in [0.4, 0.5) is 5.69 Å². The van der Waals surface area contributed by atoms with E-state index in [0.717, 1.165) is 18.7 Å². The Labute approximate surface area is 112 Å². The van der Waals surface area contributed by atoms with Crippen LogP contribution in [-0.2, 0) is 5.60 Å². The third-order valence-corrected chi connectivity index (χ3v) is 3.98. The predicted octanol–water partition coefficient (Wildman–Crippen LogP) is 1.72. The van der Waals surface area contributed by atoms with Gasteiger partial charge < -0.3 is 20.5 Å². The number of halogens is 1. The van der Waals surface area contributed by atoms with Crippen LogP contribution < -0.4 is 15.4 Å². The van der Waals surface area contributed by atoms with E-state index >= 15 is 0 Å². The molecule has 0 spiro atoms. The molecule has 1 aliphatic heterocycles. The Kier molecular flexibility index (Phi) is 3.71. The number of anilines is 1. The van der Waals surface area contributed by atoms with Gasteiger partial charge in [0.05, 0.1) is 12.1 Å². The van der Waals surface area contributed by atoms with Crippen molar-refractivity contribution in [1.29, 1.82) is 0 Å². The zero-order chi connectivity index (χ0) is 13.3. The van der Waals surface area contributed by atoms with E-state index in [4.69, 9.17) is 22.1 Å². The van der Waals surface area contributed by atoms with Gasteiger partial charge in [0.2, 0.25) is 0 Å². The number of hydrogen-bond donors (Lipinski definition) is 2. The SMILES string of the molecule is COc1ccc2c(c1Cl)C(O)(CN)CCCN2C. The van der Waals surface area contributed by atoms with E-state index in [-0.39, 0.29) is 6.54 Å². The Morgan fingerprint density at radius 3 is 2.89 bits per heavy atom. The number of nitrogens with two attached hydrogens (primary N) is 1. The van der Waals surface area contributed by atoms with Crippen LogP contribution in [0.25, 0.3) is 0 Å². The van der Waals surface area contributed by atoms with E-state index in [1.54, 1.807) is 7.11 Å². The summed E-state index contributed by atoms with van der Waals surface area (Å²) in [5.41, 5.74) is 6.29. The summed E-state index contributed by atoms with van der Waals surface area (Å²) < 4.78 is 5.22. The standard InChI is InChI=1S/C13H19ClN2O2/c1-16-7-3-6-13(17,8-15)11-9(16)4-5-10(18-2)12(11)14/h4-5,17H,3,6-8,15H2,1-2H3. The number of fused-ring (bicyclic) bond motifs is 1. The number of ether oxygens (including phenoxy) is 1. The van der Waals surface area contributed by atoms with Gasteiger partial charge in [0.15, 0.2) is 0 Å². The van der Waals surface area contributed by atoms with Gasteiger partial charge in [-0.1, -0.05) is 11.6 Å². The molecule has 0 bridgehead atoms. The lowest BCUT2D eigenvalue weighted by molar-refractivity contribution is 0.0378. The number of rotatable bonds is 2. The van der Waals surface area contributed by atoms with E-state index in [1.165, 1.54) is 0 Å². The molecule has 0 aromatic heterocycles. The molecule has 0 saturated carbocycles. The highest BCUT2D eigenvalue weighted by Crippen LogP contribution is 2.44. The van der Waals surface area contributed by atoms with Gasteiger partial charge in [0.25, 0.3) is 0 Å². The van der Waals surface area contributed by atoms with Crippen LogP contribution in [-0.4, -0.2) is 32.4 Å². The van der Waals surface area contributed by atoms with Gasteiger partial charge in [0, 0.05) is 31.4 Å². The molecule has 1 aliphatic rings. The average Bonchev–Trinajstić information content (AvgIpc) is 2.49. The van der Waals surface area contributed by atoms with Crippen LogP contribution in [0.3, 0.4) is 0 Å². The maximum Gasteiger partial charge on any atom is 0.137 e. The van der Waals surface area contributed by atoms with Crippen LogP contribution >= 0.6 is 11.6 Å². The summed E-state index contributed by atoms with van der Waals surface area (Å²) in [4.78, 5) is 2.09. The number of methoxy groups -OCH3 is 1. The fourth-order valence-corrected chi connectivity index (χ4v) is 2.94. The zero-order valence-electron chi connectivity index (χ0n) is 10.7. The summed E-state index contributed by atoms with van der Waals surface area (Å²) in [6.45, 7) is 1.03. The van der Waals surface area contributed by atoms with Crippen molar-refractivity contribution in [2.24, 2.45) is 5.73 Å². The van der Waals surface area contributed by atoms with Crippen LogP contribution in [0, 0.1) is 0 Å². The minimum absolute atomic E-state index is 0.153. The average molecular weight is 271 g/mol. The normalized spacial score (nSPS) is 23.5. The van der Waals surface area contributed by atoms with Gasteiger partial charge in [-0.05, 0) is 25.0 Å². The molecule has 1 heterocycles. The van der Waals surface area contributed by atoms with Crippen molar-refractivity contribution in [1.82, 2.24) is 0 Å². The molecule has 1 atom stereocenters. The van der Waals surface area contributed by atoms with Gasteiger partial charge in [-0.25, -0.2) is 0 Å². The van der Waals surface area contributed by atoms with Gasteiger partial charge in [-0.3, -0.25) is 0 Å². The highest BCUT2D eigenvalue weighted by atomic mass is 35.5. The van der Waals surface area contributed by atoms with Crippen molar-refractivity contribution in [2.75, 3.05) is 32.1 Å². The fourth-order valence-electron chi connectivity index (χ4n) is 2.52. The van der Waals surface area contributed by atoms with Crippen molar-refractivity contribution in [2.45, 2.75) is 18.4 Å². The second-order valence-corrected chi connectivity index (χ2v) is 5.11. The molecule has 1 aromatic rings. The van der Waals surface area contributed by atoms with Gasteiger partial charge in [0.1, 0.15) is 11.4 Å². The quantitative estimate of drug-likeness (QED) is 0.859. The molecule has 18 heavy (non-hydrogen) atoms. The second-order valence-electron chi connectivity index (χ2n) is 4.74. The summed E-state index contributed by atoms with van der Waals surface area (Å²) in [5, 5.41) is 11.2. The van der Waals surface area contributed by atoms with Crippen LogP contribution in [0.2, 0.25) is 5.02 Å². The first-order valence-electron chi connectivity index (χ1n) is 6.04. The Morgan fingerprint density at radius 2 is 2.28 bits per heavy atom. The van der Waals surface area contributed by atoms with E-state index in [2.05, 4.69) is 4.90 Å². The van der Waals surface area contributed by atoms with Crippen molar-refractivity contribution in [3.05, 3.63) is 22.7 Å². The lowest BCUT2D eigenvalue weighted by atomic mass is 9.88. The van der Waals surface area contributed by atoms with Crippen molar-refractivity contribution < 1.29 is 9.84 Å². The van der Waals surface area contributed by atoms with E-state index < -0.39 is 5.60 Å². The number of aliphatic hydroxyl groups is 1. The van der Waals surface area contributed by atoms with Crippen molar-refractivity contribution >= 4 is 17.3 Å². The molecular formula is C13H19ClN2O2. The minimum Gasteiger partial charge on any atom is -0.495 e. The van der Waals surface area contributed by atoms with Crippen LogP contribution in [0.5, 0.6) is 5.75 Å². The first kappa shape index (κ1) is 13.5. The molecule has 1 aromatic carbocycles. The summed E-state index contributed by atoms with van der Waals surface area (Å²) in [6, 6.07) is 3.74. The molecule has 2 rings (SSSR count). The molecule has 100 valence electrons. The Balaban J connectivity index is 2.67. The highest BCUT2D eigenvalue weighted by molar-refractivity contribution is 6.33. The number of benzene rings is 1. The smallest absolute Gasteiger partial charge is 0.137 e. The van der Waals surface area contributed by atoms with Crippen LogP contribution in [0.15, 0.2) is 12.1 Å². The zero-order valence-corrected chi connectivity index (χ0v) is 11.5. The molecule has 0 radical (unpaired) electrons. The highest BCUT2D eigenvalue weighted by Gasteiger charge is 2.36. The minimum atomic E-state index is -1.08. The Bertz CT molecular complexity index is 453. The second kappa shape index (κ2) is 4.96. The number of nitrogens with zero attached hydrogens (tertiary/aromatic N) is 1. The summed E-state index contributed by atoms with van der Waals surface area (Å²) in [6.07, 6.45) is 1.48. The van der Waals surface area contributed by atoms with E-state index in [9.17, 15) is 5.11 Å². The Hall–Kier alpha value is -0.970. The predicted molar refractivity (Wildman–Crippen MR) is 73.5 cm³/mol. The topological polar surface area (TPSA) is 58.7 Å². The summed E-state index contributed by atoms with van der Waals surface area (Å²) in [7, 11) is 3.55. The van der Waals surface area contributed by atoms with Crippen molar-refractivity contribution in [3.8, 4) is 5.75 Å². The maximum atomic E-state index is 10.7. The van der Waals surface area contributed by atoms with E-state index in [0.29, 0.717) is 22.8 Å². The molecule has 0 saturated heterocycles. The molecule has 1 unspecified atom stereocenters. The van der Waals surface area contributed by atoms with Crippen LogP contribution in [0.1, 0.15) is 18.4 Å². The fraction of sp³-hybridized carbons (Fsp3) is 0.538. The van der Waals surface area contributed by atoms with Gasteiger partial charge in [-0.15, -0.1) is 0 Å². The molecule has 5 heteroatoms. The third-order valence-electron chi connectivity index (χ3n) is 3.60. The molecular weight excluding hydrogens is 252 g/mol. The summed E-state index contributed by atoms with van der Waals surface area (Å²) >= 11 is 6.36. The Morgan fingerprint density at radius 1 is 1.56 bits per heavy atom. The van der Waals surface area contributed by atoms with E-state index in [1.807, 2.05) is 19.2 Å². The lowest BCUT2D eigenvalue weighted by Crippen LogP contribution is -2.35. The first-order valence-corrected chi connectivity index (χ1v) is 6.42. The molecule has 4 nitrogen and oxygen atoms in total.